The summed E-state index contributed by atoms with van der Waals surface area (Å²) in [4.78, 5) is 45.1. The topological polar surface area (TPSA) is 107 Å². The van der Waals surface area contributed by atoms with Crippen LogP contribution in [-0.2, 0) is 20.7 Å². The molecule has 144 valence electrons. The summed E-state index contributed by atoms with van der Waals surface area (Å²) < 4.78 is 10.0. The predicted octanol–water partition coefficient (Wildman–Crippen LogP) is 2.69. The Bertz CT molecular complexity index is 845. The van der Waals surface area contributed by atoms with E-state index in [4.69, 9.17) is 9.47 Å². The second-order valence-corrected chi connectivity index (χ2v) is 6.81. The first-order valence-corrected chi connectivity index (χ1v) is 9.23. The van der Waals surface area contributed by atoms with E-state index in [1.807, 2.05) is 13.8 Å². The van der Waals surface area contributed by atoms with Crippen molar-refractivity contribution in [2.24, 2.45) is 0 Å². The van der Waals surface area contributed by atoms with Gasteiger partial charge in [0.25, 0.3) is 5.91 Å². The summed E-state index contributed by atoms with van der Waals surface area (Å²) in [6.07, 6.45) is 3.35. The van der Waals surface area contributed by atoms with E-state index in [0.717, 1.165) is 10.4 Å². The van der Waals surface area contributed by atoms with Crippen LogP contribution < -0.4 is 5.32 Å². The summed E-state index contributed by atoms with van der Waals surface area (Å²) in [5.74, 6) is -1.79. The molecule has 0 radical (unpaired) electrons. The Morgan fingerprint density at radius 1 is 1.07 bits per heavy atom. The Kier molecular flexibility index (Phi) is 7.00. The van der Waals surface area contributed by atoms with Crippen molar-refractivity contribution in [2.45, 2.75) is 34.1 Å². The van der Waals surface area contributed by atoms with Crippen LogP contribution in [0.2, 0.25) is 0 Å². The first-order valence-electron chi connectivity index (χ1n) is 8.42. The maximum absolute atomic E-state index is 12.3. The lowest BCUT2D eigenvalue weighted by Gasteiger charge is -2.08. The van der Waals surface area contributed by atoms with E-state index in [-0.39, 0.29) is 12.3 Å². The molecule has 2 aromatic rings. The van der Waals surface area contributed by atoms with Crippen molar-refractivity contribution < 1.29 is 23.9 Å². The average molecular weight is 391 g/mol. The number of rotatable bonds is 7. The van der Waals surface area contributed by atoms with E-state index < -0.39 is 24.5 Å². The highest BCUT2D eigenvalue weighted by atomic mass is 32.1. The standard InChI is InChI=1S/C18H21N3O5S/c1-5-12-11(4)27-16(15(12)18(24)25-6-2)21-14(22)9-26-17(23)13-8-19-10(3)7-20-13/h7-8H,5-6,9H2,1-4H3,(H,21,22). The molecule has 0 aliphatic carbocycles. The van der Waals surface area contributed by atoms with Gasteiger partial charge in [-0.05, 0) is 32.8 Å². The molecule has 8 nitrogen and oxygen atoms in total. The zero-order valence-electron chi connectivity index (χ0n) is 15.6. The lowest BCUT2D eigenvalue weighted by molar-refractivity contribution is -0.119. The lowest BCUT2D eigenvalue weighted by Crippen LogP contribution is -2.22. The molecule has 2 rings (SSSR count). The molecule has 0 aromatic carbocycles. The molecule has 0 spiro atoms. The van der Waals surface area contributed by atoms with Gasteiger partial charge in [0.15, 0.2) is 12.3 Å². The number of nitrogens with one attached hydrogen (secondary N) is 1. The number of aromatic nitrogens is 2. The highest BCUT2D eigenvalue weighted by molar-refractivity contribution is 7.16. The molecule has 0 fully saturated rings. The monoisotopic (exact) mass is 391 g/mol. The number of carbonyl (C=O) groups is 3. The fourth-order valence-corrected chi connectivity index (χ4v) is 3.53. The fourth-order valence-electron chi connectivity index (χ4n) is 2.38. The van der Waals surface area contributed by atoms with Crippen molar-refractivity contribution in [1.29, 1.82) is 0 Å². The molecule has 0 bridgehead atoms. The minimum absolute atomic E-state index is 0.0147. The molecule has 27 heavy (non-hydrogen) atoms. The van der Waals surface area contributed by atoms with Gasteiger partial charge in [0, 0.05) is 11.1 Å². The summed E-state index contributed by atoms with van der Waals surface area (Å²) in [7, 11) is 0. The second-order valence-electron chi connectivity index (χ2n) is 5.58. The van der Waals surface area contributed by atoms with Crippen LogP contribution in [0.15, 0.2) is 12.4 Å². The molecule has 2 aromatic heterocycles. The molecular weight excluding hydrogens is 370 g/mol. The van der Waals surface area contributed by atoms with Gasteiger partial charge in [0.05, 0.1) is 24.1 Å². The van der Waals surface area contributed by atoms with Crippen molar-refractivity contribution >= 4 is 34.2 Å². The number of aryl methyl sites for hydroxylation is 2. The van der Waals surface area contributed by atoms with Gasteiger partial charge < -0.3 is 14.8 Å². The van der Waals surface area contributed by atoms with Crippen LogP contribution in [0, 0.1) is 13.8 Å². The van der Waals surface area contributed by atoms with Gasteiger partial charge in [-0.15, -0.1) is 11.3 Å². The zero-order valence-corrected chi connectivity index (χ0v) is 16.4. The maximum Gasteiger partial charge on any atom is 0.359 e. The SMILES string of the molecule is CCOC(=O)c1c(NC(=O)COC(=O)c2cnc(C)cn2)sc(C)c1CC. The Labute approximate surface area is 160 Å². The van der Waals surface area contributed by atoms with Crippen molar-refractivity contribution in [3.63, 3.8) is 0 Å². The number of carbonyl (C=O) groups excluding carboxylic acids is 3. The maximum atomic E-state index is 12.3. The Balaban J connectivity index is 2.06. The Morgan fingerprint density at radius 3 is 2.41 bits per heavy atom. The Hall–Kier alpha value is -2.81. The minimum atomic E-state index is -0.750. The number of nitrogens with zero attached hydrogens (tertiary/aromatic N) is 2. The molecular formula is C18H21N3O5S. The number of esters is 2. The molecule has 0 saturated carbocycles. The van der Waals surface area contributed by atoms with E-state index in [1.165, 1.54) is 23.7 Å². The number of ether oxygens (including phenoxy) is 2. The quantitative estimate of drug-likeness (QED) is 0.723. The Morgan fingerprint density at radius 2 is 1.81 bits per heavy atom. The molecule has 9 heteroatoms. The van der Waals surface area contributed by atoms with Crippen molar-refractivity contribution in [2.75, 3.05) is 18.5 Å². The third kappa shape index (κ3) is 5.10. The van der Waals surface area contributed by atoms with Crippen LogP contribution in [0.4, 0.5) is 5.00 Å². The van der Waals surface area contributed by atoms with E-state index in [1.54, 1.807) is 13.8 Å². The first kappa shape index (κ1) is 20.5. The van der Waals surface area contributed by atoms with E-state index in [9.17, 15) is 14.4 Å². The minimum Gasteiger partial charge on any atom is -0.462 e. The number of hydrogen-bond donors (Lipinski definition) is 1. The largest absolute Gasteiger partial charge is 0.462 e. The molecule has 0 aliphatic rings. The average Bonchev–Trinajstić information content (AvgIpc) is 2.95. The van der Waals surface area contributed by atoms with Crippen LogP contribution >= 0.6 is 11.3 Å². The number of thiophene rings is 1. The van der Waals surface area contributed by atoms with E-state index >= 15 is 0 Å². The molecule has 2 heterocycles. The summed E-state index contributed by atoms with van der Waals surface area (Å²) in [5, 5.41) is 3.01. The molecule has 1 amide bonds. The van der Waals surface area contributed by atoms with Crippen LogP contribution in [0.3, 0.4) is 0 Å². The molecule has 0 atom stereocenters. The van der Waals surface area contributed by atoms with Gasteiger partial charge in [-0.3, -0.25) is 9.78 Å². The first-order chi connectivity index (χ1) is 12.9. The highest BCUT2D eigenvalue weighted by Crippen LogP contribution is 2.34. The number of anilines is 1. The van der Waals surface area contributed by atoms with Gasteiger partial charge in [0.2, 0.25) is 0 Å². The van der Waals surface area contributed by atoms with E-state index in [2.05, 4.69) is 15.3 Å². The van der Waals surface area contributed by atoms with E-state index in [0.29, 0.717) is 22.7 Å². The molecule has 1 N–H and O–H groups in total. The fraction of sp³-hybridized carbons (Fsp3) is 0.389. The van der Waals surface area contributed by atoms with Gasteiger partial charge in [0.1, 0.15) is 5.00 Å². The van der Waals surface area contributed by atoms with Crippen LogP contribution in [0.25, 0.3) is 0 Å². The van der Waals surface area contributed by atoms with Crippen LogP contribution in [0.1, 0.15) is 50.8 Å². The van der Waals surface area contributed by atoms with Gasteiger partial charge in [-0.2, -0.15) is 0 Å². The smallest absolute Gasteiger partial charge is 0.359 e. The third-order valence-corrected chi connectivity index (χ3v) is 4.68. The number of amides is 1. The zero-order chi connectivity index (χ0) is 20.0. The van der Waals surface area contributed by atoms with Gasteiger partial charge >= 0.3 is 11.9 Å². The second kappa shape index (κ2) is 9.22. The van der Waals surface area contributed by atoms with Gasteiger partial charge in [-0.25, -0.2) is 14.6 Å². The summed E-state index contributed by atoms with van der Waals surface area (Å²) in [6, 6.07) is 0. The lowest BCUT2D eigenvalue weighted by atomic mass is 10.1. The summed E-state index contributed by atoms with van der Waals surface area (Å²) >= 11 is 1.28. The summed E-state index contributed by atoms with van der Waals surface area (Å²) in [5.41, 5.74) is 1.86. The molecule has 0 aliphatic heterocycles. The molecule has 0 unspecified atom stereocenters. The van der Waals surface area contributed by atoms with Crippen molar-refractivity contribution in [3.8, 4) is 0 Å². The van der Waals surface area contributed by atoms with Crippen molar-refractivity contribution in [1.82, 2.24) is 9.97 Å². The number of hydrogen-bond acceptors (Lipinski definition) is 8. The van der Waals surface area contributed by atoms with Crippen LogP contribution in [-0.4, -0.2) is 41.0 Å². The van der Waals surface area contributed by atoms with Crippen LogP contribution in [0.5, 0.6) is 0 Å². The third-order valence-electron chi connectivity index (χ3n) is 3.62. The predicted molar refractivity (Wildman–Crippen MR) is 100 cm³/mol. The molecule has 0 saturated heterocycles. The van der Waals surface area contributed by atoms with Crippen molar-refractivity contribution in [3.05, 3.63) is 39.8 Å². The summed E-state index contributed by atoms with van der Waals surface area (Å²) in [6.45, 7) is 6.99. The normalized spacial score (nSPS) is 10.4. The van der Waals surface area contributed by atoms with Gasteiger partial charge in [-0.1, -0.05) is 6.92 Å². The highest BCUT2D eigenvalue weighted by Gasteiger charge is 2.23.